The number of hydrogen-bond acceptors (Lipinski definition) is 0. The zero-order chi connectivity index (χ0) is 12.8. The van der Waals surface area contributed by atoms with Crippen molar-refractivity contribution in [1.29, 1.82) is 0 Å². The van der Waals surface area contributed by atoms with E-state index in [1.807, 2.05) is 0 Å². The zero-order valence-electron chi connectivity index (χ0n) is 11.3. The normalized spacial score (nSPS) is 17.4. The monoisotopic (exact) mass is 435 g/mol. The van der Waals surface area contributed by atoms with Gasteiger partial charge in [0.15, 0.2) is 0 Å². The van der Waals surface area contributed by atoms with Gasteiger partial charge in [0.2, 0.25) is 0 Å². The number of hydrogen-bond donors (Lipinski definition) is 0. The van der Waals surface area contributed by atoms with E-state index in [1.54, 1.807) is 0 Å². The predicted molar refractivity (Wildman–Crippen MR) is 75.5 cm³/mol. The Kier molecular flexibility index (Phi) is 5.48. The Hall–Kier alpha value is -0.406. The Morgan fingerprint density at radius 3 is 2.33 bits per heavy atom. The van der Waals surface area contributed by atoms with Crippen LogP contribution >= 0.6 is 0 Å². The first-order valence-electron chi connectivity index (χ1n) is 6.65. The molecule has 0 N–H and O–H groups in total. The first kappa shape index (κ1) is 17.0. The molecule has 0 bridgehead atoms. The molecule has 0 amide bonds. The van der Waals surface area contributed by atoms with Crippen molar-refractivity contribution >= 4 is 5.57 Å². The summed E-state index contributed by atoms with van der Waals surface area (Å²) in [6.07, 6.45) is 7.73. The first-order valence-corrected chi connectivity index (χ1v) is 7.56. The summed E-state index contributed by atoms with van der Waals surface area (Å²) < 4.78 is 0.504. The molecule has 2 aliphatic rings. The van der Waals surface area contributed by atoms with Crippen molar-refractivity contribution in [1.82, 2.24) is 0 Å². The number of allylic oxidation sites excluding steroid dienone is 4. The van der Waals surface area contributed by atoms with Gasteiger partial charge in [-0.25, -0.2) is 0 Å². The maximum absolute atomic E-state index is 2.33. The molecule has 0 heterocycles. The van der Waals surface area contributed by atoms with Crippen LogP contribution in [0.1, 0.15) is 27.3 Å². The van der Waals surface area contributed by atoms with Gasteiger partial charge in [0.05, 0.1) is 0 Å². The molecule has 21 heavy (non-hydrogen) atoms. The van der Waals surface area contributed by atoms with E-state index in [9.17, 15) is 0 Å². The summed E-state index contributed by atoms with van der Waals surface area (Å²) in [5.74, 6) is 0. The van der Waals surface area contributed by atoms with Crippen molar-refractivity contribution in [2.75, 3.05) is 0 Å². The summed E-state index contributed by atoms with van der Waals surface area (Å²) in [5, 5.41) is 0. The van der Waals surface area contributed by atoms with Crippen molar-refractivity contribution in [3.8, 4) is 11.1 Å². The van der Waals surface area contributed by atoms with Crippen molar-refractivity contribution in [2.24, 2.45) is 0 Å². The van der Waals surface area contributed by atoms with Crippen molar-refractivity contribution in [3.05, 3.63) is 77.4 Å². The van der Waals surface area contributed by atoms with E-state index in [-0.39, 0.29) is 34.0 Å². The van der Waals surface area contributed by atoms with Gasteiger partial charge in [0.25, 0.3) is 0 Å². The summed E-state index contributed by atoms with van der Waals surface area (Å²) in [7, 11) is 0. The van der Waals surface area contributed by atoms with Crippen LogP contribution in [0.15, 0.2) is 60.7 Å². The Morgan fingerprint density at radius 2 is 1.57 bits per heavy atom. The average molecular weight is 437 g/mol. The summed E-state index contributed by atoms with van der Waals surface area (Å²) in [6, 6.07) is 15.6. The van der Waals surface area contributed by atoms with Gasteiger partial charge >= 0.3 is 125 Å². The van der Waals surface area contributed by atoms with E-state index in [4.69, 9.17) is 0 Å². The van der Waals surface area contributed by atoms with Crippen LogP contribution in [0.4, 0.5) is 0 Å². The van der Waals surface area contributed by atoms with E-state index in [1.165, 1.54) is 33.4 Å². The van der Waals surface area contributed by atoms with Crippen LogP contribution in [0.3, 0.4) is 0 Å². The van der Waals surface area contributed by atoms with Gasteiger partial charge in [-0.1, -0.05) is 0 Å². The summed E-state index contributed by atoms with van der Waals surface area (Å²) in [4.78, 5) is 0. The van der Waals surface area contributed by atoms with E-state index in [2.05, 4.69) is 81.1 Å². The minimum atomic E-state index is 0. The van der Waals surface area contributed by atoms with Crippen LogP contribution in [0.5, 0.6) is 0 Å². The van der Waals surface area contributed by atoms with Crippen LogP contribution < -0.4 is 34.0 Å². The number of benzene rings is 2. The van der Waals surface area contributed by atoms with Crippen molar-refractivity contribution in [3.63, 3.8) is 0 Å². The molecule has 3 heteroatoms. The van der Waals surface area contributed by atoms with Gasteiger partial charge in [-0.3, -0.25) is 0 Å². The first-order chi connectivity index (χ1) is 9.36. The summed E-state index contributed by atoms with van der Waals surface area (Å²) in [5.41, 5.74) is 8.71. The molecule has 0 radical (unpaired) electrons. The Morgan fingerprint density at radius 1 is 0.857 bits per heavy atom. The fourth-order valence-electron chi connectivity index (χ4n) is 3.19. The molecule has 0 saturated carbocycles. The molecule has 0 aromatic heterocycles. The molecule has 0 spiro atoms. The van der Waals surface area contributed by atoms with Crippen molar-refractivity contribution in [2.45, 2.75) is 10.6 Å². The fraction of sp³-hybridized carbons (Fsp3) is 0.111. The second-order valence-electron chi connectivity index (χ2n) is 5.11. The predicted octanol–water partition coefficient (Wildman–Crippen LogP) is -1.35. The molecule has 0 fully saturated rings. The standard InChI is InChI=1S/C18H13.2BrH.Ti/c1-2-7-13(6-1)15-10-5-11-17-16-9-4-3-8-14(16)12-18(15)17;;;/h1-6,8-12H,7H2;2*1H;/q;;;+2/p-2. The topological polar surface area (TPSA) is 0 Å². The molecule has 1 unspecified atom stereocenters. The van der Waals surface area contributed by atoms with Gasteiger partial charge in [0, 0.05) is 0 Å². The minimum absolute atomic E-state index is 0. The molecule has 2 aliphatic carbocycles. The SMILES string of the molecule is [Br-].[Br-].[Ti+2][CH]1c2ccccc2-c2cccc(C3=CC=CC3)c21. The van der Waals surface area contributed by atoms with Crippen LogP contribution in [0.2, 0.25) is 0 Å². The van der Waals surface area contributed by atoms with Crippen molar-refractivity contribution < 1.29 is 54.4 Å². The quantitative estimate of drug-likeness (QED) is 0.485. The van der Waals surface area contributed by atoms with E-state index in [0.717, 1.165) is 6.42 Å². The molecule has 0 nitrogen and oxygen atoms in total. The van der Waals surface area contributed by atoms with Gasteiger partial charge in [0.1, 0.15) is 0 Å². The molecule has 4 rings (SSSR count). The molecular weight excluding hydrogens is 424 g/mol. The van der Waals surface area contributed by atoms with E-state index in [0.29, 0.717) is 4.22 Å². The third-order valence-corrected chi connectivity index (χ3v) is 5.01. The molecule has 2 aromatic carbocycles. The second kappa shape index (κ2) is 6.79. The fourth-order valence-corrected chi connectivity index (χ4v) is 4.07. The Labute approximate surface area is 158 Å². The Bertz CT molecular complexity index is 732. The summed E-state index contributed by atoms with van der Waals surface area (Å²) >= 11 is 2.33. The van der Waals surface area contributed by atoms with E-state index < -0.39 is 0 Å². The summed E-state index contributed by atoms with van der Waals surface area (Å²) in [6.45, 7) is 0. The zero-order valence-corrected chi connectivity index (χ0v) is 16.0. The van der Waals surface area contributed by atoms with Crippen LogP contribution in [-0.2, 0) is 20.4 Å². The van der Waals surface area contributed by atoms with Gasteiger partial charge in [-0.2, -0.15) is 0 Å². The van der Waals surface area contributed by atoms with Crippen LogP contribution in [-0.4, -0.2) is 0 Å². The molecule has 103 valence electrons. The van der Waals surface area contributed by atoms with Gasteiger partial charge in [-0.05, 0) is 0 Å². The third-order valence-electron chi connectivity index (χ3n) is 4.07. The van der Waals surface area contributed by atoms with E-state index >= 15 is 0 Å². The van der Waals surface area contributed by atoms with Crippen LogP contribution in [0.25, 0.3) is 16.7 Å². The van der Waals surface area contributed by atoms with Gasteiger partial charge < -0.3 is 34.0 Å². The molecule has 0 aliphatic heterocycles. The third kappa shape index (κ3) is 2.68. The number of rotatable bonds is 1. The number of fused-ring (bicyclic) bond motifs is 3. The molecule has 1 atom stereocenters. The van der Waals surface area contributed by atoms with Gasteiger partial charge in [-0.15, -0.1) is 0 Å². The second-order valence-corrected chi connectivity index (χ2v) is 6.01. The molecule has 2 aromatic rings. The maximum atomic E-state index is 2.33. The average Bonchev–Trinajstić information content (AvgIpc) is 3.08. The van der Waals surface area contributed by atoms with Crippen LogP contribution in [0, 0.1) is 0 Å². The Balaban J connectivity index is 0.000000807. The molecule has 0 saturated heterocycles. The number of halogens is 2. The molecular formula is C18H13Br2Ti.